The zero-order chi connectivity index (χ0) is 48.2. The summed E-state index contributed by atoms with van der Waals surface area (Å²) in [5, 5.41) is 109. The van der Waals surface area contributed by atoms with Crippen molar-refractivity contribution in [3.8, 4) is 0 Å². The molecule has 0 spiro atoms. The SMILES string of the molecule is CC(C)=C[C@@H]1C[C@](O)([C@H]2CC[C@]3(C)C2CC[C@@H]2[C@@]4(C)CC[C@H](O[C@@H]5O[C@H](CO)[C@@H](O)[C@H](O[C@@H]6O[C@H](CO)[C@@H](O)[C@H](O)[C@H]6O)[C@H]5O[C@@H]5O[C@@H](C)[C@H](O)[C@@H](O)[C@H]5O)C(C)(C)[C@@H]4CC[C@]23C)C(=O)O1. The van der Waals surface area contributed by atoms with Crippen molar-refractivity contribution in [3.05, 3.63) is 11.6 Å². The van der Waals surface area contributed by atoms with Gasteiger partial charge in [0.15, 0.2) is 24.5 Å². The van der Waals surface area contributed by atoms with Crippen LogP contribution < -0.4 is 0 Å². The van der Waals surface area contributed by atoms with E-state index in [1.165, 1.54) is 6.92 Å². The number of cyclic esters (lactones) is 1. The molecule has 8 aliphatic rings. The van der Waals surface area contributed by atoms with Crippen molar-refractivity contribution in [2.75, 3.05) is 13.2 Å². The first kappa shape index (κ1) is 50.9. The predicted molar refractivity (Wildman–Crippen MR) is 230 cm³/mol. The molecule has 378 valence electrons. The van der Waals surface area contributed by atoms with Gasteiger partial charge in [0.2, 0.25) is 0 Å². The first-order valence-corrected chi connectivity index (χ1v) is 24.4. The van der Waals surface area contributed by atoms with Crippen LogP contribution >= 0.6 is 0 Å². The van der Waals surface area contributed by atoms with Crippen molar-refractivity contribution in [1.29, 1.82) is 0 Å². The van der Waals surface area contributed by atoms with E-state index < -0.39 is 135 Å². The Hall–Kier alpha value is -1.43. The van der Waals surface area contributed by atoms with E-state index in [2.05, 4.69) is 34.6 Å². The lowest BCUT2D eigenvalue weighted by molar-refractivity contribution is -0.398. The normalized spacial score (nSPS) is 54.8. The first-order valence-electron chi connectivity index (χ1n) is 24.4. The van der Waals surface area contributed by atoms with Crippen LogP contribution in [0.15, 0.2) is 11.6 Å². The van der Waals surface area contributed by atoms with E-state index in [1.807, 2.05) is 19.9 Å². The molecule has 18 heteroatoms. The zero-order valence-corrected chi connectivity index (χ0v) is 39.7. The molecule has 0 radical (unpaired) electrons. The van der Waals surface area contributed by atoms with Crippen LogP contribution in [0, 0.1) is 45.3 Å². The van der Waals surface area contributed by atoms with Gasteiger partial charge < -0.3 is 84.2 Å². The minimum Gasteiger partial charge on any atom is -0.456 e. The van der Waals surface area contributed by atoms with E-state index >= 15 is 0 Å². The van der Waals surface area contributed by atoms with Crippen LogP contribution in [0.3, 0.4) is 0 Å². The number of hydrogen-bond acceptors (Lipinski definition) is 18. The molecule has 10 N–H and O–H groups in total. The van der Waals surface area contributed by atoms with Gasteiger partial charge in [0, 0.05) is 12.3 Å². The van der Waals surface area contributed by atoms with Crippen LogP contribution in [0.25, 0.3) is 0 Å². The summed E-state index contributed by atoms with van der Waals surface area (Å²) < 4.78 is 43.0. The van der Waals surface area contributed by atoms with Gasteiger partial charge in [-0.25, -0.2) is 4.79 Å². The predicted octanol–water partition coefficient (Wildman–Crippen LogP) is 0.545. The van der Waals surface area contributed by atoms with E-state index in [4.69, 9.17) is 33.2 Å². The maximum atomic E-state index is 13.5. The zero-order valence-electron chi connectivity index (χ0n) is 39.7. The Morgan fingerprint density at radius 1 is 0.636 bits per heavy atom. The summed E-state index contributed by atoms with van der Waals surface area (Å²) in [5.74, 6) is -0.0545. The molecule has 4 aliphatic heterocycles. The molecule has 4 saturated carbocycles. The number of fused-ring (bicyclic) bond motifs is 5. The van der Waals surface area contributed by atoms with Crippen LogP contribution in [0.2, 0.25) is 0 Å². The van der Waals surface area contributed by atoms with E-state index in [0.717, 1.165) is 50.5 Å². The number of hydrogen-bond donors (Lipinski definition) is 10. The molecule has 66 heavy (non-hydrogen) atoms. The molecule has 0 aromatic carbocycles. The molecule has 18 nitrogen and oxygen atoms in total. The molecule has 8 fully saturated rings. The summed E-state index contributed by atoms with van der Waals surface area (Å²) in [6, 6.07) is 0. The van der Waals surface area contributed by atoms with Gasteiger partial charge in [0.1, 0.15) is 73.2 Å². The number of aliphatic hydroxyl groups is 10. The number of carbonyl (C=O) groups excluding carboxylic acids is 1. The summed E-state index contributed by atoms with van der Waals surface area (Å²) in [7, 11) is 0. The average Bonchev–Trinajstić information content (AvgIpc) is 3.76. The molecule has 0 amide bonds. The Bertz CT molecular complexity index is 1780. The molecule has 4 heterocycles. The number of aliphatic hydroxyl groups excluding tert-OH is 9. The van der Waals surface area contributed by atoms with Gasteiger partial charge in [-0.15, -0.1) is 0 Å². The lowest BCUT2D eigenvalue weighted by Gasteiger charge is -2.70. The van der Waals surface area contributed by atoms with Crippen LogP contribution in [0.1, 0.15) is 113 Å². The highest BCUT2D eigenvalue weighted by molar-refractivity contribution is 5.82. The van der Waals surface area contributed by atoms with E-state index in [1.54, 1.807) is 0 Å². The Balaban J connectivity index is 1.05. The Morgan fingerprint density at radius 3 is 1.88 bits per heavy atom. The van der Waals surface area contributed by atoms with Crippen molar-refractivity contribution < 1.29 is 89.0 Å². The fourth-order valence-electron chi connectivity index (χ4n) is 15.2. The third kappa shape index (κ3) is 8.06. The van der Waals surface area contributed by atoms with Crippen LogP contribution in [-0.4, -0.2) is 180 Å². The van der Waals surface area contributed by atoms with Gasteiger partial charge in [0.25, 0.3) is 0 Å². The van der Waals surface area contributed by atoms with E-state index in [9.17, 15) is 55.9 Å². The monoisotopic (exact) mass is 943 g/mol. The number of ether oxygens (including phenoxy) is 7. The molecule has 4 saturated heterocycles. The topological polar surface area (TPSA) is 284 Å². The Kier molecular flexibility index (Phi) is 14.1. The van der Waals surface area contributed by atoms with Crippen molar-refractivity contribution in [3.63, 3.8) is 0 Å². The first-order chi connectivity index (χ1) is 30.9. The highest BCUT2D eigenvalue weighted by Crippen LogP contribution is 2.76. The minimum absolute atomic E-state index is 0.0845. The number of allylic oxidation sites excluding steroid dienone is 1. The summed E-state index contributed by atoms with van der Waals surface area (Å²) in [4.78, 5) is 13.5. The second-order valence-electron chi connectivity index (χ2n) is 22.9. The second-order valence-corrected chi connectivity index (χ2v) is 22.9. The molecular formula is C48H78O18. The third-order valence-corrected chi connectivity index (χ3v) is 18.9. The number of esters is 1. The highest BCUT2D eigenvalue weighted by atomic mass is 16.8. The summed E-state index contributed by atoms with van der Waals surface area (Å²) in [6.07, 6.45) is -15.7. The molecule has 4 aliphatic carbocycles. The Morgan fingerprint density at radius 2 is 1.23 bits per heavy atom. The third-order valence-electron chi connectivity index (χ3n) is 18.9. The maximum absolute atomic E-state index is 13.5. The second kappa shape index (κ2) is 18.3. The number of carbonyl (C=O) groups is 1. The minimum atomic E-state index is -1.87. The molecule has 0 aromatic heterocycles. The molecule has 0 bridgehead atoms. The van der Waals surface area contributed by atoms with E-state index in [-0.39, 0.29) is 40.4 Å². The molecule has 1 unspecified atom stereocenters. The standard InChI is InChI=1S/C48H78O18/c1-21(2)17-23-18-48(59,43(58)61-23)25-11-15-46(7)24(25)9-10-29-45(6)14-13-30(44(4,5)28(45)12-16-47(29,46)8)64-42-39(66-40-36(56)34(54)31(51)22(3)60-40)38(33(53)27(20-50)63-42)65-41-37(57)35(55)32(52)26(19-49)62-41/h17,22-42,49-57,59H,9-16,18-20H2,1-8H3/t22-,23+,24?,25-,26+,27+,28-,29+,30-,31-,32+,33+,34+,35-,36+,37+,38-,39+,40-,41-,42-,45-,46+,47+,48-/m0/s1. The quantitative estimate of drug-likeness (QED) is 0.0813. The van der Waals surface area contributed by atoms with Crippen molar-refractivity contribution in [1.82, 2.24) is 0 Å². The van der Waals surface area contributed by atoms with Gasteiger partial charge in [0.05, 0.1) is 25.4 Å². The van der Waals surface area contributed by atoms with Gasteiger partial charge in [-0.05, 0) is 118 Å². The average molecular weight is 943 g/mol. The van der Waals surface area contributed by atoms with Gasteiger partial charge in [-0.1, -0.05) is 40.2 Å². The maximum Gasteiger partial charge on any atom is 0.339 e. The summed E-state index contributed by atoms with van der Waals surface area (Å²) >= 11 is 0. The smallest absolute Gasteiger partial charge is 0.339 e. The lowest BCUT2D eigenvalue weighted by atomic mass is 9.35. The van der Waals surface area contributed by atoms with Crippen LogP contribution in [0.5, 0.6) is 0 Å². The van der Waals surface area contributed by atoms with Crippen molar-refractivity contribution >= 4 is 5.97 Å². The fourth-order valence-corrected chi connectivity index (χ4v) is 15.2. The van der Waals surface area contributed by atoms with Crippen molar-refractivity contribution in [2.24, 2.45) is 45.3 Å². The largest absolute Gasteiger partial charge is 0.456 e. The molecule has 8 rings (SSSR count). The summed E-state index contributed by atoms with van der Waals surface area (Å²) in [6.45, 7) is 15.6. The summed E-state index contributed by atoms with van der Waals surface area (Å²) in [5.41, 5.74) is -1.32. The van der Waals surface area contributed by atoms with Gasteiger partial charge >= 0.3 is 5.97 Å². The highest BCUT2D eigenvalue weighted by Gasteiger charge is 2.71. The van der Waals surface area contributed by atoms with E-state index in [0.29, 0.717) is 12.3 Å². The number of rotatable bonds is 10. The lowest BCUT2D eigenvalue weighted by Crippen LogP contribution is -2.68. The van der Waals surface area contributed by atoms with Crippen LogP contribution in [-0.2, 0) is 38.0 Å². The Labute approximate surface area is 387 Å². The van der Waals surface area contributed by atoms with Gasteiger partial charge in [-0.2, -0.15) is 0 Å². The molecular weight excluding hydrogens is 865 g/mol. The van der Waals surface area contributed by atoms with Crippen LogP contribution in [0.4, 0.5) is 0 Å². The molecule has 0 aromatic rings. The fraction of sp³-hybridized carbons (Fsp3) is 0.938. The van der Waals surface area contributed by atoms with Gasteiger partial charge in [-0.3, -0.25) is 0 Å². The van der Waals surface area contributed by atoms with Crippen molar-refractivity contribution in [2.45, 2.75) is 223 Å². The molecule has 25 atom stereocenters.